The van der Waals surface area contributed by atoms with Crippen molar-refractivity contribution in [1.82, 2.24) is 5.43 Å². The molecule has 1 amide bonds. The second kappa shape index (κ2) is 7.83. The number of rotatable bonds is 5. The summed E-state index contributed by atoms with van der Waals surface area (Å²) < 4.78 is 5.68. The zero-order valence-corrected chi connectivity index (χ0v) is 15.2. The van der Waals surface area contributed by atoms with Gasteiger partial charge in [-0.2, -0.15) is 5.10 Å². The lowest BCUT2D eigenvalue weighted by Gasteiger charge is -2.13. The third kappa shape index (κ3) is 4.09. The molecule has 26 heavy (non-hydrogen) atoms. The lowest BCUT2D eigenvalue weighted by molar-refractivity contribution is -0.123. The smallest absolute Gasteiger partial charge is 0.277 e. The van der Waals surface area contributed by atoms with Gasteiger partial charge in [-0.25, -0.2) is 5.43 Å². The minimum atomic E-state index is -0.289. The number of nitrogens with zero attached hydrogens (tertiary/aromatic N) is 1. The first kappa shape index (κ1) is 17.7. The van der Waals surface area contributed by atoms with Crippen molar-refractivity contribution < 1.29 is 9.53 Å². The van der Waals surface area contributed by atoms with Crippen LogP contribution in [-0.4, -0.2) is 18.7 Å². The van der Waals surface area contributed by atoms with Gasteiger partial charge in [-0.1, -0.05) is 48.5 Å². The van der Waals surface area contributed by atoms with Gasteiger partial charge >= 0.3 is 0 Å². The Hall–Kier alpha value is -3.14. The van der Waals surface area contributed by atoms with Crippen LogP contribution < -0.4 is 10.2 Å². The van der Waals surface area contributed by atoms with E-state index in [-0.39, 0.29) is 12.5 Å². The molecule has 0 spiro atoms. The molecule has 1 N–H and O–H groups in total. The third-order valence-corrected chi connectivity index (χ3v) is 4.40. The molecule has 0 aliphatic heterocycles. The number of amides is 1. The maximum Gasteiger partial charge on any atom is 0.277 e. The average molecular weight is 346 g/mol. The largest absolute Gasteiger partial charge is 0.483 e. The second-order valence-electron chi connectivity index (χ2n) is 6.34. The number of hydrogen-bond acceptors (Lipinski definition) is 3. The average Bonchev–Trinajstić information content (AvgIpc) is 2.65. The number of hydrogen-bond donors (Lipinski definition) is 1. The number of benzene rings is 3. The van der Waals surface area contributed by atoms with E-state index in [1.807, 2.05) is 69.3 Å². The molecule has 0 aliphatic rings. The van der Waals surface area contributed by atoms with Crippen molar-refractivity contribution in [3.05, 3.63) is 76.9 Å². The Morgan fingerprint density at radius 1 is 1.00 bits per heavy atom. The molecule has 0 saturated heterocycles. The molecule has 4 nitrogen and oxygen atoms in total. The minimum Gasteiger partial charge on any atom is -0.483 e. The molecule has 0 aromatic heterocycles. The highest BCUT2D eigenvalue weighted by atomic mass is 16.5. The first-order valence-electron chi connectivity index (χ1n) is 8.55. The van der Waals surface area contributed by atoms with Gasteiger partial charge in [0.25, 0.3) is 5.91 Å². The Labute approximate surface area is 153 Å². The molecule has 3 rings (SSSR count). The van der Waals surface area contributed by atoms with Gasteiger partial charge < -0.3 is 4.74 Å². The van der Waals surface area contributed by atoms with Gasteiger partial charge in [0.05, 0.1) is 6.21 Å². The maximum absolute atomic E-state index is 12.0. The van der Waals surface area contributed by atoms with Crippen LogP contribution in [0.1, 0.15) is 22.3 Å². The zero-order valence-electron chi connectivity index (χ0n) is 15.2. The standard InChI is InChI=1S/C22H22N2O2/c1-15-8-9-16(2)22(17(15)3)26-14-21(25)24-23-13-18-10-11-19-6-4-5-7-20(19)12-18/h4-13H,14H2,1-3H3,(H,24,25)/b23-13+. The summed E-state index contributed by atoms with van der Waals surface area (Å²) in [5.74, 6) is 0.473. The van der Waals surface area contributed by atoms with Crippen molar-refractivity contribution in [3.8, 4) is 5.75 Å². The van der Waals surface area contributed by atoms with Crippen molar-refractivity contribution in [1.29, 1.82) is 0 Å². The van der Waals surface area contributed by atoms with E-state index < -0.39 is 0 Å². The van der Waals surface area contributed by atoms with Crippen molar-refractivity contribution >= 4 is 22.9 Å². The molecule has 4 heteroatoms. The summed E-state index contributed by atoms with van der Waals surface area (Å²) >= 11 is 0. The molecule has 0 aliphatic carbocycles. The van der Waals surface area contributed by atoms with E-state index >= 15 is 0 Å². The van der Waals surface area contributed by atoms with Crippen molar-refractivity contribution in [2.24, 2.45) is 5.10 Å². The molecule has 0 heterocycles. The van der Waals surface area contributed by atoms with Crippen LogP contribution in [0.3, 0.4) is 0 Å². The molecule has 0 saturated carbocycles. The van der Waals surface area contributed by atoms with Gasteiger partial charge in [0.15, 0.2) is 6.61 Å². The molecule has 0 bridgehead atoms. The minimum absolute atomic E-state index is 0.0693. The Morgan fingerprint density at radius 2 is 1.73 bits per heavy atom. The van der Waals surface area contributed by atoms with E-state index in [2.05, 4.69) is 16.6 Å². The summed E-state index contributed by atoms with van der Waals surface area (Å²) in [4.78, 5) is 12.0. The van der Waals surface area contributed by atoms with Crippen LogP contribution in [0.25, 0.3) is 10.8 Å². The van der Waals surface area contributed by atoms with Crippen LogP contribution >= 0.6 is 0 Å². The van der Waals surface area contributed by atoms with Gasteiger partial charge in [-0.15, -0.1) is 0 Å². The van der Waals surface area contributed by atoms with Gasteiger partial charge in [0.2, 0.25) is 0 Å². The highest BCUT2D eigenvalue weighted by molar-refractivity contribution is 5.90. The number of carbonyl (C=O) groups excluding carboxylic acids is 1. The third-order valence-electron chi connectivity index (χ3n) is 4.40. The van der Waals surface area contributed by atoms with Crippen LogP contribution in [0.2, 0.25) is 0 Å². The normalized spacial score (nSPS) is 11.0. The lowest BCUT2D eigenvalue weighted by atomic mass is 10.1. The topological polar surface area (TPSA) is 50.7 Å². The molecule has 0 fully saturated rings. The predicted molar refractivity (Wildman–Crippen MR) is 106 cm³/mol. The molecule has 0 radical (unpaired) electrons. The predicted octanol–water partition coefficient (Wildman–Crippen LogP) is 4.29. The SMILES string of the molecule is Cc1ccc(C)c(OCC(=O)N/N=C/c2ccc3ccccc3c2)c1C. The molecule has 3 aromatic carbocycles. The van der Waals surface area contributed by atoms with Crippen LogP contribution in [0.4, 0.5) is 0 Å². The number of carbonyl (C=O) groups is 1. The number of aryl methyl sites for hydroxylation is 2. The highest BCUT2D eigenvalue weighted by Crippen LogP contribution is 2.25. The van der Waals surface area contributed by atoms with E-state index in [1.54, 1.807) is 6.21 Å². The molecular weight excluding hydrogens is 324 g/mol. The van der Waals surface area contributed by atoms with Crippen molar-refractivity contribution in [3.63, 3.8) is 0 Å². The fourth-order valence-corrected chi connectivity index (χ4v) is 2.78. The second-order valence-corrected chi connectivity index (χ2v) is 6.34. The highest BCUT2D eigenvalue weighted by Gasteiger charge is 2.08. The molecular formula is C22H22N2O2. The molecule has 132 valence electrons. The fourth-order valence-electron chi connectivity index (χ4n) is 2.78. The van der Waals surface area contributed by atoms with Crippen molar-refractivity contribution in [2.75, 3.05) is 6.61 Å². The van der Waals surface area contributed by atoms with Gasteiger partial charge in [0.1, 0.15) is 5.75 Å². The van der Waals surface area contributed by atoms with E-state index in [4.69, 9.17) is 4.74 Å². The number of ether oxygens (including phenoxy) is 1. The Morgan fingerprint density at radius 3 is 2.54 bits per heavy atom. The van der Waals surface area contributed by atoms with Gasteiger partial charge in [0, 0.05) is 0 Å². The number of hydrazone groups is 1. The van der Waals surface area contributed by atoms with Crippen LogP contribution in [0.5, 0.6) is 5.75 Å². The number of nitrogens with one attached hydrogen (secondary N) is 1. The Bertz CT molecular complexity index is 977. The number of fused-ring (bicyclic) bond motifs is 1. The molecule has 3 aromatic rings. The Balaban J connectivity index is 1.58. The monoisotopic (exact) mass is 346 g/mol. The van der Waals surface area contributed by atoms with E-state index in [1.165, 1.54) is 5.39 Å². The molecule has 0 atom stereocenters. The van der Waals surface area contributed by atoms with E-state index in [9.17, 15) is 4.79 Å². The summed E-state index contributed by atoms with van der Waals surface area (Å²) in [6.45, 7) is 5.92. The Kier molecular flexibility index (Phi) is 5.32. The summed E-state index contributed by atoms with van der Waals surface area (Å²) in [5, 5.41) is 6.33. The van der Waals surface area contributed by atoms with E-state index in [0.29, 0.717) is 0 Å². The zero-order chi connectivity index (χ0) is 18.5. The quantitative estimate of drug-likeness (QED) is 0.553. The van der Waals surface area contributed by atoms with Gasteiger partial charge in [-0.05, 0) is 59.9 Å². The summed E-state index contributed by atoms with van der Waals surface area (Å²) in [6, 6.07) is 18.2. The van der Waals surface area contributed by atoms with E-state index in [0.717, 1.165) is 33.4 Å². The fraction of sp³-hybridized carbons (Fsp3) is 0.182. The summed E-state index contributed by atoms with van der Waals surface area (Å²) in [7, 11) is 0. The first-order chi connectivity index (χ1) is 12.5. The molecule has 0 unspecified atom stereocenters. The van der Waals surface area contributed by atoms with Crippen molar-refractivity contribution in [2.45, 2.75) is 20.8 Å². The van der Waals surface area contributed by atoms with Crippen LogP contribution in [0, 0.1) is 20.8 Å². The van der Waals surface area contributed by atoms with Crippen LogP contribution in [0.15, 0.2) is 59.7 Å². The lowest BCUT2D eigenvalue weighted by Crippen LogP contribution is -2.25. The summed E-state index contributed by atoms with van der Waals surface area (Å²) in [6.07, 6.45) is 1.63. The maximum atomic E-state index is 12.0. The first-order valence-corrected chi connectivity index (χ1v) is 8.55. The summed E-state index contributed by atoms with van der Waals surface area (Å²) in [5.41, 5.74) is 6.64. The van der Waals surface area contributed by atoms with Gasteiger partial charge in [-0.3, -0.25) is 4.79 Å². The van der Waals surface area contributed by atoms with Crippen LogP contribution in [-0.2, 0) is 4.79 Å².